The van der Waals surface area contributed by atoms with Crippen LogP contribution < -0.4 is 41.4 Å². The summed E-state index contributed by atoms with van der Waals surface area (Å²) < 4.78 is 74.6. The van der Waals surface area contributed by atoms with E-state index in [1.54, 1.807) is 48.2 Å². The predicted octanol–water partition coefficient (Wildman–Crippen LogP) is 18.3. The predicted molar refractivity (Wildman–Crippen MR) is 538 cm³/mol. The number of alkyl halides is 3. The number of benzene rings is 8. The van der Waals surface area contributed by atoms with Crippen LogP contribution in [0, 0.1) is 21.7 Å². The van der Waals surface area contributed by atoms with Gasteiger partial charge in [0.15, 0.2) is 33.2 Å². The molecule has 8 aromatic carbocycles. The molecule has 0 aromatic heterocycles. The second kappa shape index (κ2) is 41.6. The van der Waals surface area contributed by atoms with Crippen molar-refractivity contribution in [2.75, 3.05) is 33.5 Å². The van der Waals surface area contributed by atoms with Crippen molar-refractivity contribution in [1.82, 2.24) is 41.0 Å². The lowest BCUT2D eigenvalue weighted by Crippen LogP contribution is -2.55. The molecule has 4 heterocycles. The van der Waals surface area contributed by atoms with Crippen LogP contribution in [0.15, 0.2) is 175 Å². The summed E-state index contributed by atoms with van der Waals surface area (Å²) in [5, 5.41) is 36.0. The number of guanidine groups is 1. The van der Waals surface area contributed by atoms with Gasteiger partial charge < -0.3 is 46.2 Å². The molecule has 4 atom stereocenters. The van der Waals surface area contributed by atoms with Crippen LogP contribution in [0.1, 0.15) is 244 Å². The first-order valence-corrected chi connectivity index (χ1v) is 51.4. The SMILES string of the molecule is CC(C)(C)OO.CC(C)N1C(=O)NC2(C1=O)c1cc(O)ccc1CC21CCc2ccccc2CC1.CCOS(=O)(=O)C(F)(F)F.CCOc1ccc2c(c1)C1(N=C(N)N(C(C)C)C1=O)C1(CCc3ccccc3CC1)C2.CCOc1ccc2c(c1)C1(NC(=O)N(C(C)C)C1=O)C1(CCc3ccccc3CC1)C2.CCOc1ccc2c(c1)C1(NC(=S)N(C(C)C)C1=O)C1(CCc3ccccc3CC1)C2.CNO. The van der Waals surface area contributed by atoms with E-state index in [2.05, 4.69) is 146 Å². The molecule has 0 saturated carbocycles. The second-order valence-electron chi connectivity index (χ2n) is 41.0. The molecule has 12 aliphatic rings. The number of aryl methyl sites for hydroxylation is 8. The average Bonchev–Trinajstić information content (AvgIpc) is 1.54. The van der Waals surface area contributed by atoms with Crippen LogP contribution in [-0.4, -0.2) is 159 Å². The van der Waals surface area contributed by atoms with Gasteiger partial charge in [0.1, 0.15) is 23.0 Å². The molecule has 8 amide bonds. The highest BCUT2D eigenvalue weighted by Gasteiger charge is 2.72. The van der Waals surface area contributed by atoms with E-state index in [1.807, 2.05) is 113 Å². The summed E-state index contributed by atoms with van der Waals surface area (Å²) in [6, 6.07) is 57.3. The van der Waals surface area contributed by atoms with Crippen molar-refractivity contribution in [2.45, 2.75) is 290 Å². The van der Waals surface area contributed by atoms with Gasteiger partial charge >= 0.3 is 27.7 Å². The lowest BCUT2D eigenvalue weighted by molar-refractivity contribution is -0.306. The highest BCUT2D eigenvalue weighted by molar-refractivity contribution is 7.87. The molecule has 8 aliphatic carbocycles. The first-order valence-electron chi connectivity index (χ1n) is 49.6. The van der Waals surface area contributed by atoms with Crippen LogP contribution in [0.25, 0.3) is 0 Å². The summed E-state index contributed by atoms with van der Waals surface area (Å²) in [6.07, 6.45) is 17.8. The van der Waals surface area contributed by atoms with Gasteiger partial charge in [-0.15, -0.1) is 0 Å². The number of aromatic hydroxyl groups is 1. The smallest absolute Gasteiger partial charge is 0.508 e. The summed E-state index contributed by atoms with van der Waals surface area (Å²) >= 11 is 5.73. The van der Waals surface area contributed by atoms with E-state index in [1.165, 1.54) is 72.5 Å². The van der Waals surface area contributed by atoms with Gasteiger partial charge in [0.2, 0.25) is 0 Å². The number of imide groups is 2. The fourth-order valence-corrected chi connectivity index (χ4v) is 25.4. The molecule has 8 spiro atoms. The molecule has 141 heavy (non-hydrogen) atoms. The molecule has 26 nitrogen and oxygen atoms in total. The number of fused-ring (bicyclic) bond motifs is 16. The van der Waals surface area contributed by atoms with Crippen LogP contribution in [0.3, 0.4) is 0 Å². The zero-order valence-electron chi connectivity index (χ0n) is 83.9. The van der Waals surface area contributed by atoms with E-state index in [4.69, 9.17) is 47.6 Å². The molecule has 4 aliphatic heterocycles. The van der Waals surface area contributed by atoms with E-state index in [0.29, 0.717) is 30.9 Å². The van der Waals surface area contributed by atoms with Crippen molar-refractivity contribution in [3.05, 3.63) is 259 Å². The Morgan fingerprint density at radius 2 is 0.702 bits per heavy atom. The van der Waals surface area contributed by atoms with E-state index in [0.717, 1.165) is 186 Å². The molecule has 3 saturated heterocycles. The van der Waals surface area contributed by atoms with Gasteiger partial charge in [0.25, 0.3) is 23.6 Å². The summed E-state index contributed by atoms with van der Waals surface area (Å²) in [5.74, 6) is 2.68. The standard InChI is InChI=1S/C26H31N3O2.C26H30N2O3.C26H30N2O2S.C24H26N2O3.C4H10O2.C3H5F3O3S.CH5NO/c1-4-31-21-10-9-20-16-25(13-11-18-7-5-6-8-19(18)12-14-25)26(22(20)15-21)23(30)29(17(2)3)24(27)28-26;1-4-31-21-10-9-20-16-25(13-11-18-7-5-6-8-19(18)12-14-25)26(22(20)15-21)23(29)28(17(2)3)24(30)27-26;1-4-30-21-10-9-20-16-25(13-11-18-7-5-6-8-19(18)12-14-25)26(22(20)15-21)23(29)28(17(2)3)24(31)27-26;1-15(2)26-21(28)24(25-22(26)29)20-13-19(27)8-7-18(20)14-23(24)11-9-16-5-3-4-6-17(16)10-12-23;1-4(2,3)6-5;1-2-9-10(7,8)3(4,5)6;1-2-3/h5-10,15,17H,4,11-14,16H2,1-3H3,(H2,27,28);5-10,15,17H,4,11-14,16H2,1-3H3,(H,27,30);5-10,15,17H,4,11-14,16H2,1-3H3,(H,27,31);3-8,13,15,27H,9-12,14H2,1-2H3,(H,25,29);5H,1-3H3;2H2,1H3;2-3H,1H3. The molecule has 756 valence electrons. The molecule has 9 N–H and O–H groups in total. The molecule has 8 aromatic rings. The van der Waals surface area contributed by atoms with Gasteiger partial charge in [-0.1, -0.05) is 121 Å². The van der Waals surface area contributed by atoms with Crippen molar-refractivity contribution in [3.8, 4) is 23.0 Å². The number of thiocarbonyl (C=S) groups is 1. The van der Waals surface area contributed by atoms with Gasteiger partial charge in [0, 0.05) is 52.9 Å². The number of ether oxygens (including phenoxy) is 3. The van der Waals surface area contributed by atoms with Gasteiger partial charge in [-0.2, -0.15) is 21.6 Å². The van der Waals surface area contributed by atoms with Crippen molar-refractivity contribution >= 4 is 69.1 Å². The third-order valence-corrected chi connectivity index (χ3v) is 32.1. The number of nitrogens with zero attached hydrogens (tertiary/aromatic N) is 5. The van der Waals surface area contributed by atoms with Crippen LogP contribution >= 0.6 is 12.2 Å². The highest BCUT2D eigenvalue weighted by Crippen LogP contribution is 2.65. The zero-order valence-corrected chi connectivity index (χ0v) is 85.5. The molecular weight excluding hydrogens is 1840 g/mol. The first-order chi connectivity index (χ1) is 66.9. The first kappa shape index (κ1) is 105. The summed E-state index contributed by atoms with van der Waals surface area (Å²) in [4.78, 5) is 97.6. The fraction of sp³-hybridized carbons (Fsp3) is 0.491. The van der Waals surface area contributed by atoms with Crippen LogP contribution in [0.2, 0.25) is 0 Å². The number of phenolic OH excluding ortho intramolecular Hbond substituents is 1. The van der Waals surface area contributed by atoms with Crippen molar-refractivity contribution in [1.29, 1.82) is 0 Å². The Morgan fingerprint density at radius 1 is 0.426 bits per heavy atom. The van der Waals surface area contributed by atoms with Crippen molar-refractivity contribution < 1.29 is 89.2 Å². The molecule has 3 fully saturated rings. The van der Waals surface area contributed by atoms with E-state index in [9.17, 15) is 55.5 Å². The maximum atomic E-state index is 14.2. The molecule has 0 radical (unpaired) electrons. The maximum Gasteiger partial charge on any atom is 0.523 e. The molecule has 4 unspecified atom stereocenters. The number of aliphatic imine (C=N–C) groups is 1. The Kier molecular flexibility index (Phi) is 31.1. The van der Waals surface area contributed by atoms with E-state index in [-0.39, 0.29) is 81.9 Å². The number of hydrogen-bond donors (Lipinski definition) is 8. The lowest BCUT2D eigenvalue weighted by atomic mass is 9.65. The molecule has 31 heteroatoms. The maximum absolute atomic E-state index is 14.2. The minimum Gasteiger partial charge on any atom is -0.508 e. The summed E-state index contributed by atoms with van der Waals surface area (Å²) in [7, 11) is -3.92. The van der Waals surface area contributed by atoms with Crippen LogP contribution in [-0.2, 0) is 138 Å². The number of halogens is 3. The number of hydroxylamine groups is 1. The van der Waals surface area contributed by atoms with Gasteiger partial charge in [-0.3, -0.25) is 48.2 Å². The fourth-order valence-electron chi connectivity index (χ4n) is 24.5. The Balaban J connectivity index is 0.000000141. The summed E-state index contributed by atoms with van der Waals surface area (Å²) in [6.45, 7) is 29.2. The quantitative estimate of drug-likeness (QED) is 0.0141. The number of phenols is 1. The van der Waals surface area contributed by atoms with Crippen molar-refractivity contribution in [3.63, 3.8) is 0 Å². The minimum atomic E-state index is -5.35. The number of carbonyl (C=O) groups excluding carboxylic acids is 6. The van der Waals surface area contributed by atoms with Gasteiger partial charge in [0.05, 0.1) is 32.0 Å². The number of urea groups is 2. The largest absolute Gasteiger partial charge is 0.523 e. The number of carbonyl (C=O) groups is 6. The number of hydrogen-bond acceptors (Lipinski definition) is 20. The normalized spacial score (nSPS) is 22.4. The van der Waals surface area contributed by atoms with Crippen LogP contribution in [0.4, 0.5) is 22.8 Å². The lowest BCUT2D eigenvalue weighted by Gasteiger charge is -2.42. The Bertz CT molecular complexity index is 5910. The minimum absolute atomic E-state index is 0.0195. The van der Waals surface area contributed by atoms with Gasteiger partial charge in [-0.25, -0.2) is 24.9 Å². The summed E-state index contributed by atoms with van der Waals surface area (Å²) in [5.41, 5.74) is 16.6. The zero-order chi connectivity index (χ0) is 102. The number of amides is 8. The van der Waals surface area contributed by atoms with Crippen LogP contribution in [0.5, 0.6) is 23.0 Å². The van der Waals surface area contributed by atoms with E-state index >= 15 is 0 Å². The molecule has 0 bridgehead atoms. The Hall–Kier alpha value is -11.3. The average molecular weight is 1980 g/mol. The topological polar surface area (TPSA) is 343 Å². The van der Waals surface area contributed by atoms with Gasteiger partial charge in [-0.05, 0) is 382 Å². The second-order valence-corrected chi connectivity index (χ2v) is 43.0. The van der Waals surface area contributed by atoms with Crippen molar-refractivity contribution in [2.24, 2.45) is 32.4 Å². The third kappa shape index (κ3) is 19.0. The Labute approximate surface area is 831 Å². The van der Waals surface area contributed by atoms with E-state index < -0.39 is 55.4 Å². The molecule has 20 rings (SSSR count). The number of nitrogens with one attached hydrogen (secondary N) is 4. The Morgan fingerprint density at radius 3 is 0.972 bits per heavy atom. The molecular formula is C110H137F3N10O16S2. The monoisotopic (exact) mass is 1970 g/mol. The number of nitrogens with two attached hydrogens (primary N) is 1. The highest BCUT2D eigenvalue weighted by atomic mass is 32.2. The number of rotatable bonds is 12. The third-order valence-electron chi connectivity index (χ3n) is 30.7.